The monoisotopic (exact) mass is 270 g/mol. The van der Waals surface area contributed by atoms with Crippen molar-refractivity contribution < 1.29 is 14.2 Å². The lowest BCUT2D eigenvalue weighted by Gasteiger charge is -2.27. The zero-order chi connectivity index (χ0) is 14.5. The van der Waals surface area contributed by atoms with Gasteiger partial charge in [-0.15, -0.1) is 0 Å². The molecule has 0 bridgehead atoms. The third-order valence-electron chi connectivity index (χ3n) is 2.74. The molecule has 0 aromatic heterocycles. The van der Waals surface area contributed by atoms with Crippen molar-refractivity contribution in [3.8, 4) is 5.75 Å². The first-order chi connectivity index (χ1) is 8.85. The van der Waals surface area contributed by atoms with E-state index in [1.807, 2.05) is 19.0 Å². The SMILES string of the molecule is COc1cccc(CNCC(C)(O)CN(C)C)c1F. The number of nitrogens with one attached hydrogen (secondary N) is 1. The van der Waals surface area contributed by atoms with Gasteiger partial charge >= 0.3 is 0 Å². The minimum absolute atomic E-state index is 0.236. The topological polar surface area (TPSA) is 44.7 Å². The van der Waals surface area contributed by atoms with Crippen LogP contribution in [-0.4, -0.2) is 49.9 Å². The normalized spacial score (nSPS) is 14.5. The largest absolute Gasteiger partial charge is 0.494 e. The molecule has 5 heteroatoms. The molecule has 1 rings (SSSR count). The first kappa shape index (κ1) is 15.9. The lowest BCUT2D eigenvalue weighted by molar-refractivity contribution is 0.0335. The van der Waals surface area contributed by atoms with E-state index < -0.39 is 5.60 Å². The Kier molecular flexibility index (Phi) is 5.72. The quantitative estimate of drug-likeness (QED) is 0.782. The first-order valence-corrected chi connectivity index (χ1v) is 6.25. The number of nitrogens with zero attached hydrogens (tertiary/aromatic N) is 1. The van der Waals surface area contributed by atoms with E-state index in [9.17, 15) is 9.50 Å². The molecule has 19 heavy (non-hydrogen) atoms. The second-order valence-corrected chi connectivity index (χ2v) is 5.27. The predicted molar refractivity (Wildman–Crippen MR) is 73.8 cm³/mol. The Balaban J connectivity index is 2.54. The number of benzene rings is 1. The van der Waals surface area contributed by atoms with Gasteiger partial charge in [-0.3, -0.25) is 0 Å². The van der Waals surface area contributed by atoms with Crippen molar-refractivity contribution in [3.05, 3.63) is 29.6 Å². The smallest absolute Gasteiger partial charge is 0.169 e. The van der Waals surface area contributed by atoms with Gasteiger partial charge in [-0.25, -0.2) is 4.39 Å². The van der Waals surface area contributed by atoms with E-state index in [-0.39, 0.29) is 11.6 Å². The van der Waals surface area contributed by atoms with Gasteiger partial charge < -0.3 is 20.1 Å². The number of methoxy groups -OCH3 is 1. The lowest BCUT2D eigenvalue weighted by atomic mass is 10.1. The van der Waals surface area contributed by atoms with Crippen LogP contribution in [0.15, 0.2) is 18.2 Å². The van der Waals surface area contributed by atoms with Gasteiger partial charge in [0.05, 0.1) is 12.7 Å². The molecule has 0 aliphatic carbocycles. The average molecular weight is 270 g/mol. The summed E-state index contributed by atoms with van der Waals surface area (Å²) >= 11 is 0. The fourth-order valence-electron chi connectivity index (χ4n) is 2.05. The van der Waals surface area contributed by atoms with Gasteiger partial charge in [0, 0.05) is 25.2 Å². The number of hydrogen-bond donors (Lipinski definition) is 2. The molecular weight excluding hydrogens is 247 g/mol. The molecular formula is C14H23FN2O2. The molecule has 1 aromatic rings. The molecule has 0 spiro atoms. The van der Waals surface area contributed by atoms with Crippen LogP contribution in [-0.2, 0) is 6.54 Å². The van der Waals surface area contributed by atoms with Crippen molar-refractivity contribution in [2.24, 2.45) is 0 Å². The molecule has 0 aliphatic rings. The summed E-state index contributed by atoms with van der Waals surface area (Å²) in [5.74, 6) is -0.121. The summed E-state index contributed by atoms with van der Waals surface area (Å²) in [6.45, 7) is 3.04. The van der Waals surface area contributed by atoms with Crippen LogP contribution in [0.4, 0.5) is 4.39 Å². The molecule has 0 amide bonds. The van der Waals surface area contributed by atoms with Gasteiger partial charge in [-0.1, -0.05) is 12.1 Å². The van der Waals surface area contributed by atoms with Gasteiger partial charge in [0.2, 0.25) is 0 Å². The van der Waals surface area contributed by atoms with E-state index in [4.69, 9.17) is 4.74 Å². The van der Waals surface area contributed by atoms with Crippen LogP contribution in [0.25, 0.3) is 0 Å². The minimum Gasteiger partial charge on any atom is -0.494 e. The summed E-state index contributed by atoms with van der Waals surface area (Å²) in [4.78, 5) is 1.91. The van der Waals surface area contributed by atoms with Crippen molar-refractivity contribution in [1.29, 1.82) is 0 Å². The van der Waals surface area contributed by atoms with Crippen LogP contribution >= 0.6 is 0 Å². The molecule has 108 valence electrons. The van der Waals surface area contributed by atoms with Crippen molar-refractivity contribution in [1.82, 2.24) is 10.2 Å². The Morgan fingerprint density at radius 3 is 2.68 bits per heavy atom. The van der Waals surface area contributed by atoms with E-state index in [1.54, 1.807) is 25.1 Å². The highest BCUT2D eigenvalue weighted by atomic mass is 19.1. The van der Waals surface area contributed by atoms with Crippen molar-refractivity contribution in [3.63, 3.8) is 0 Å². The Morgan fingerprint density at radius 1 is 1.42 bits per heavy atom. The maximum absolute atomic E-state index is 13.9. The minimum atomic E-state index is -0.848. The zero-order valence-corrected chi connectivity index (χ0v) is 12.0. The van der Waals surface area contributed by atoms with E-state index in [1.165, 1.54) is 7.11 Å². The number of ether oxygens (including phenoxy) is 1. The Hall–Kier alpha value is -1.17. The Labute approximate surface area is 114 Å². The highest BCUT2D eigenvalue weighted by molar-refractivity contribution is 5.30. The lowest BCUT2D eigenvalue weighted by Crippen LogP contribution is -2.45. The summed E-state index contributed by atoms with van der Waals surface area (Å²) in [7, 11) is 5.24. The maximum Gasteiger partial charge on any atom is 0.169 e. The standard InChI is InChI=1S/C14H23FN2O2/c1-14(18,10-17(2)3)9-16-8-11-6-5-7-12(19-4)13(11)15/h5-7,16,18H,8-10H2,1-4H3. The fourth-order valence-corrected chi connectivity index (χ4v) is 2.05. The van der Waals surface area contributed by atoms with E-state index in [2.05, 4.69) is 5.32 Å². The summed E-state index contributed by atoms with van der Waals surface area (Å²) in [6, 6.07) is 5.03. The molecule has 1 unspecified atom stereocenters. The molecule has 4 nitrogen and oxygen atoms in total. The summed E-state index contributed by atoms with van der Waals surface area (Å²) < 4.78 is 18.8. The summed E-state index contributed by atoms with van der Waals surface area (Å²) in [5.41, 5.74) is -0.321. The van der Waals surface area contributed by atoms with Crippen LogP contribution in [0.2, 0.25) is 0 Å². The average Bonchev–Trinajstić information content (AvgIpc) is 2.29. The van der Waals surface area contributed by atoms with Crippen LogP contribution < -0.4 is 10.1 Å². The Bertz CT molecular complexity index is 408. The van der Waals surface area contributed by atoms with Crippen LogP contribution in [0, 0.1) is 5.82 Å². The van der Waals surface area contributed by atoms with Crippen molar-refractivity contribution in [2.75, 3.05) is 34.3 Å². The van der Waals surface area contributed by atoms with Gasteiger partial charge in [-0.2, -0.15) is 0 Å². The molecule has 0 heterocycles. The fraction of sp³-hybridized carbons (Fsp3) is 0.571. The third-order valence-corrected chi connectivity index (χ3v) is 2.74. The number of hydrogen-bond acceptors (Lipinski definition) is 4. The van der Waals surface area contributed by atoms with Crippen LogP contribution in [0.5, 0.6) is 5.75 Å². The van der Waals surface area contributed by atoms with Crippen LogP contribution in [0.1, 0.15) is 12.5 Å². The van der Waals surface area contributed by atoms with Gasteiger partial charge in [0.1, 0.15) is 0 Å². The highest BCUT2D eigenvalue weighted by Crippen LogP contribution is 2.19. The number of halogens is 1. The van der Waals surface area contributed by atoms with Crippen molar-refractivity contribution in [2.45, 2.75) is 19.1 Å². The second kappa shape index (κ2) is 6.84. The first-order valence-electron chi connectivity index (χ1n) is 6.25. The molecule has 1 atom stereocenters. The third kappa shape index (κ3) is 5.14. The molecule has 0 fully saturated rings. The zero-order valence-electron chi connectivity index (χ0n) is 12.0. The number of rotatable bonds is 7. The predicted octanol–water partition coefficient (Wildman–Crippen LogP) is 1.24. The number of aliphatic hydroxyl groups is 1. The van der Waals surface area contributed by atoms with Gasteiger partial charge in [0.15, 0.2) is 11.6 Å². The molecule has 2 N–H and O–H groups in total. The van der Waals surface area contributed by atoms with E-state index in [0.29, 0.717) is 25.2 Å². The van der Waals surface area contributed by atoms with Gasteiger partial charge in [0.25, 0.3) is 0 Å². The Morgan fingerprint density at radius 2 is 2.11 bits per heavy atom. The van der Waals surface area contributed by atoms with E-state index >= 15 is 0 Å². The molecule has 0 aliphatic heterocycles. The van der Waals surface area contributed by atoms with Crippen LogP contribution in [0.3, 0.4) is 0 Å². The molecule has 0 saturated heterocycles. The second-order valence-electron chi connectivity index (χ2n) is 5.27. The molecule has 1 aromatic carbocycles. The molecule has 0 saturated carbocycles. The van der Waals surface area contributed by atoms with Crippen molar-refractivity contribution >= 4 is 0 Å². The number of likely N-dealkylation sites (N-methyl/N-ethyl adjacent to an activating group) is 1. The summed E-state index contributed by atoms with van der Waals surface area (Å²) in [6.07, 6.45) is 0. The molecule has 0 radical (unpaired) electrons. The maximum atomic E-state index is 13.9. The van der Waals surface area contributed by atoms with E-state index in [0.717, 1.165) is 0 Å². The van der Waals surface area contributed by atoms with Gasteiger partial charge in [-0.05, 0) is 27.1 Å². The summed E-state index contributed by atoms with van der Waals surface area (Å²) in [5, 5.41) is 13.2. The highest BCUT2D eigenvalue weighted by Gasteiger charge is 2.20.